The van der Waals surface area contributed by atoms with Crippen LogP contribution in [0, 0.1) is 10.8 Å². The molecule has 5 rings (SSSR count). The van der Waals surface area contributed by atoms with Crippen molar-refractivity contribution in [1.82, 2.24) is 10.1 Å². The van der Waals surface area contributed by atoms with E-state index in [2.05, 4.69) is 6.58 Å². The molecule has 44 heavy (non-hydrogen) atoms. The first-order valence-corrected chi connectivity index (χ1v) is 15.0. The molecule has 3 aliphatic rings. The van der Waals surface area contributed by atoms with Crippen LogP contribution in [0.4, 0.5) is 0 Å². The second-order valence-electron chi connectivity index (χ2n) is 13.2. The number of fused-ring (bicyclic) bond motifs is 1. The third-order valence-corrected chi connectivity index (χ3v) is 7.78. The van der Waals surface area contributed by atoms with Gasteiger partial charge in [-0.2, -0.15) is 0 Å². The first-order chi connectivity index (χ1) is 20.4. The van der Waals surface area contributed by atoms with E-state index in [4.69, 9.17) is 47.1 Å². The standard InChI is InChI=1S/2C16H20ClNO4/c1-15(2)8-21-18(14(15)19)7-10-5-12-13(6-11(10)17)22-16(3,4)9-20-12;1-10(2)8-21-14-5-11(12(17)6-13(14)19)7-18-15(20)16(3,4)9-22-18/h5-6H,7-9H2,1-4H3;5-6,19H,1,7-9H2,2-4H3. The second kappa shape index (κ2) is 12.7. The first-order valence-electron chi connectivity index (χ1n) is 14.2. The van der Waals surface area contributed by atoms with Gasteiger partial charge in [-0.25, -0.2) is 10.1 Å². The van der Waals surface area contributed by atoms with Crippen LogP contribution in [0.1, 0.15) is 59.6 Å². The molecular formula is C32H40Cl2N2O8. The fraction of sp³-hybridized carbons (Fsp3) is 0.500. The van der Waals surface area contributed by atoms with Crippen molar-refractivity contribution in [3.63, 3.8) is 0 Å². The van der Waals surface area contributed by atoms with Crippen LogP contribution in [0.3, 0.4) is 0 Å². The number of nitrogens with zero attached hydrogens (tertiary/aromatic N) is 2. The zero-order chi connectivity index (χ0) is 32.6. The maximum atomic E-state index is 12.2. The number of carbonyl (C=O) groups is 2. The number of halogens is 2. The average Bonchev–Trinajstić information content (AvgIpc) is 3.33. The Bertz CT molecular complexity index is 1460. The highest BCUT2D eigenvalue weighted by atomic mass is 35.5. The van der Waals surface area contributed by atoms with Crippen molar-refractivity contribution < 1.29 is 38.6 Å². The molecule has 0 saturated carbocycles. The maximum Gasteiger partial charge on any atom is 0.254 e. The lowest BCUT2D eigenvalue weighted by Crippen LogP contribution is -2.38. The third-order valence-electron chi connectivity index (χ3n) is 7.08. The van der Waals surface area contributed by atoms with Crippen LogP contribution >= 0.6 is 23.2 Å². The molecule has 2 fully saturated rings. The minimum Gasteiger partial charge on any atom is -0.504 e. The van der Waals surface area contributed by atoms with E-state index in [0.29, 0.717) is 65.8 Å². The lowest BCUT2D eigenvalue weighted by atomic mass is 9.95. The molecule has 12 heteroatoms. The zero-order valence-corrected chi connectivity index (χ0v) is 27.7. The highest BCUT2D eigenvalue weighted by molar-refractivity contribution is 6.32. The van der Waals surface area contributed by atoms with E-state index in [1.807, 2.05) is 54.5 Å². The van der Waals surface area contributed by atoms with E-state index in [-0.39, 0.29) is 29.7 Å². The lowest BCUT2D eigenvalue weighted by molar-refractivity contribution is -0.165. The Labute approximate surface area is 268 Å². The molecule has 3 heterocycles. The summed E-state index contributed by atoms with van der Waals surface area (Å²) >= 11 is 12.5. The van der Waals surface area contributed by atoms with Crippen molar-refractivity contribution in [3.8, 4) is 23.0 Å². The van der Waals surface area contributed by atoms with Crippen molar-refractivity contribution in [2.75, 3.05) is 26.4 Å². The summed E-state index contributed by atoms with van der Waals surface area (Å²) in [6.45, 7) is 18.8. The number of aromatic hydroxyl groups is 1. The molecule has 2 saturated heterocycles. The van der Waals surface area contributed by atoms with Gasteiger partial charge < -0.3 is 19.3 Å². The molecule has 0 radical (unpaired) electrons. The molecule has 0 bridgehead atoms. The van der Waals surface area contributed by atoms with E-state index in [0.717, 1.165) is 11.1 Å². The number of ether oxygens (including phenoxy) is 3. The monoisotopic (exact) mass is 650 g/mol. The van der Waals surface area contributed by atoms with Crippen molar-refractivity contribution in [3.05, 3.63) is 57.6 Å². The number of rotatable bonds is 7. The minimum absolute atomic E-state index is 0.0420. The van der Waals surface area contributed by atoms with Gasteiger partial charge >= 0.3 is 0 Å². The van der Waals surface area contributed by atoms with Gasteiger partial charge in [0, 0.05) is 22.2 Å². The van der Waals surface area contributed by atoms with Gasteiger partial charge in [0.05, 0.1) is 37.1 Å². The van der Waals surface area contributed by atoms with Gasteiger partial charge in [-0.05, 0) is 77.3 Å². The molecule has 240 valence electrons. The van der Waals surface area contributed by atoms with Gasteiger partial charge in [0.25, 0.3) is 11.8 Å². The number of carbonyl (C=O) groups excluding carboxylic acids is 2. The largest absolute Gasteiger partial charge is 0.504 e. The highest BCUT2D eigenvalue weighted by Crippen LogP contribution is 2.40. The number of hydrogen-bond acceptors (Lipinski definition) is 8. The van der Waals surface area contributed by atoms with Gasteiger partial charge in [0.15, 0.2) is 23.0 Å². The van der Waals surface area contributed by atoms with Crippen molar-refractivity contribution >= 4 is 35.0 Å². The Hall–Kier alpha value is -3.18. The van der Waals surface area contributed by atoms with E-state index in [1.165, 1.54) is 16.2 Å². The predicted molar refractivity (Wildman–Crippen MR) is 166 cm³/mol. The fourth-order valence-corrected chi connectivity index (χ4v) is 4.86. The Morgan fingerprint density at radius 1 is 0.864 bits per heavy atom. The Kier molecular flexibility index (Phi) is 9.71. The van der Waals surface area contributed by atoms with Crippen LogP contribution < -0.4 is 14.2 Å². The Morgan fingerprint density at radius 3 is 1.89 bits per heavy atom. The molecule has 10 nitrogen and oxygen atoms in total. The number of hydrogen-bond donors (Lipinski definition) is 1. The first kappa shape index (κ1) is 33.7. The van der Waals surface area contributed by atoms with E-state index >= 15 is 0 Å². The van der Waals surface area contributed by atoms with Crippen LogP contribution in [0.2, 0.25) is 10.0 Å². The molecule has 2 aromatic carbocycles. The van der Waals surface area contributed by atoms with Crippen LogP contribution in [0.15, 0.2) is 36.4 Å². The quantitative estimate of drug-likeness (QED) is 0.339. The molecule has 1 N–H and O–H groups in total. The number of amides is 2. The summed E-state index contributed by atoms with van der Waals surface area (Å²) in [6.07, 6.45) is 0. The molecule has 2 aromatic rings. The van der Waals surface area contributed by atoms with Gasteiger partial charge in [0.2, 0.25) is 0 Å². The van der Waals surface area contributed by atoms with Crippen LogP contribution in [0.5, 0.6) is 23.0 Å². The van der Waals surface area contributed by atoms with Crippen molar-refractivity contribution in [2.24, 2.45) is 10.8 Å². The molecule has 3 aliphatic heterocycles. The summed E-state index contributed by atoms with van der Waals surface area (Å²) in [6, 6.07) is 6.56. The zero-order valence-electron chi connectivity index (χ0n) is 26.2. The van der Waals surface area contributed by atoms with Crippen molar-refractivity contribution in [1.29, 1.82) is 0 Å². The second-order valence-corrected chi connectivity index (χ2v) is 14.0. The summed E-state index contributed by atoms with van der Waals surface area (Å²) in [7, 11) is 0. The summed E-state index contributed by atoms with van der Waals surface area (Å²) < 4.78 is 17.1. The lowest BCUT2D eigenvalue weighted by Gasteiger charge is -2.33. The molecule has 0 spiro atoms. The number of phenols is 1. The van der Waals surface area contributed by atoms with E-state index in [1.54, 1.807) is 12.1 Å². The van der Waals surface area contributed by atoms with Gasteiger partial charge in [0.1, 0.15) is 18.8 Å². The molecule has 2 amide bonds. The molecule has 0 unspecified atom stereocenters. The van der Waals surface area contributed by atoms with Crippen molar-refractivity contribution in [2.45, 2.75) is 67.2 Å². The molecule has 0 aliphatic carbocycles. The van der Waals surface area contributed by atoms with E-state index in [9.17, 15) is 14.7 Å². The normalized spacial score (nSPS) is 19.5. The number of hydroxylamine groups is 4. The van der Waals surface area contributed by atoms with Gasteiger partial charge in [-0.3, -0.25) is 19.3 Å². The smallest absolute Gasteiger partial charge is 0.254 e. The third kappa shape index (κ3) is 7.72. The van der Waals surface area contributed by atoms with Crippen LogP contribution in [0.25, 0.3) is 0 Å². The minimum atomic E-state index is -0.539. The molecule has 0 atom stereocenters. The Morgan fingerprint density at radius 2 is 1.39 bits per heavy atom. The molecular weight excluding hydrogens is 611 g/mol. The van der Waals surface area contributed by atoms with E-state index < -0.39 is 10.8 Å². The predicted octanol–water partition coefficient (Wildman–Crippen LogP) is 6.49. The van der Waals surface area contributed by atoms with Gasteiger partial charge in [-0.1, -0.05) is 29.8 Å². The Balaban J connectivity index is 0.000000201. The summed E-state index contributed by atoms with van der Waals surface area (Å²) in [5.74, 6) is 1.38. The topological polar surface area (TPSA) is 107 Å². The van der Waals surface area contributed by atoms with Crippen LogP contribution in [-0.2, 0) is 32.4 Å². The number of phenolic OH excluding ortho intramolecular Hbond substituents is 1. The average molecular weight is 652 g/mol. The van der Waals surface area contributed by atoms with Gasteiger partial charge in [-0.15, -0.1) is 0 Å². The molecule has 0 aromatic heterocycles. The summed E-state index contributed by atoms with van der Waals surface area (Å²) in [5, 5.41) is 13.4. The van der Waals surface area contributed by atoms with Crippen LogP contribution in [-0.4, -0.2) is 59.1 Å². The SMILES string of the molecule is C=C(C)COc1cc(CN2OCC(C)(C)C2=O)c(Cl)cc1O.CC1(C)COc2cc(CN3OCC(C)(C)C3=O)c(Cl)cc2O1. The highest BCUT2D eigenvalue weighted by Gasteiger charge is 2.41. The maximum absolute atomic E-state index is 12.2. The summed E-state index contributed by atoms with van der Waals surface area (Å²) in [5.41, 5.74) is 0.829. The number of benzene rings is 2. The summed E-state index contributed by atoms with van der Waals surface area (Å²) in [4.78, 5) is 35.3. The fourth-order valence-electron chi connectivity index (χ4n) is 4.43.